The Bertz CT molecular complexity index is 1080. The van der Waals surface area contributed by atoms with E-state index in [9.17, 15) is 0 Å². The van der Waals surface area contributed by atoms with Crippen LogP contribution in [0.3, 0.4) is 0 Å². The molecule has 0 atom stereocenters. The van der Waals surface area contributed by atoms with Gasteiger partial charge in [0.15, 0.2) is 0 Å². The van der Waals surface area contributed by atoms with Crippen molar-refractivity contribution in [1.82, 2.24) is 4.98 Å². The van der Waals surface area contributed by atoms with Crippen molar-refractivity contribution in [2.24, 2.45) is 0 Å². The average Bonchev–Trinajstić information content (AvgIpc) is 3.11. The monoisotopic (exact) mass is 365 g/mol. The SMILES string of the molecule is Clc1ccc(-c2ccc(C=Cc3ccc4ccccc4n3)o2)cc1Cl. The molecule has 0 spiro atoms. The molecule has 122 valence electrons. The van der Waals surface area contributed by atoms with E-state index in [4.69, 9.17) is 27.6 Å². The number of furan rings is 1. The van der Waals surface area contributed by atoms with E-state index in [1.807, 2.05) is 60.7 Å². The van der Waals surface area contributed by atoms with Crippen LogP contribution in [0, 0.1) is 0 Å². The lowest BCUT2D eigenvalue weighted by molar-refractivity contribution is 0.572. The number of para-hydroxylation sites is 1. The third-order valence-corrected chi connectivity index (χ3v) is 4.61. The molecule has 0 saturated heterocycles. The molecule has 0 aliphatic rings. The summed E-state index contributed by atoms with van der Waals surface area (Å²) in [4.78, 5) is 4.62. The summed E-state index contributed by atoms with van der Waals surface area (Å²) in [7, 11) is 0. The van der Waals surface area contributed by atoms with Crippen molar-refractivity contribution in [2.45, 2.75) is 0 Å². The summed E-state index contributed by atoms with van der Waals surface area (Å²) < 4.78 is 5.86. The number of benzene rings is 2. The number of aromatic nitrogens is 1. The first-order valence-electron chi connectivity index (χ1n) is 7.78. The highest BCUT2D eigenvalue weighted by Gasteiger charge is 2.06. The van der Waals surface area contributed by atoms with Gasteiger partial charge in [-0.15, -0.1) is 0 Å². The standard InChI is InChI=1S/C21H13Cl2NO/c22-18-11-6-15(13-19(18)23)21-12-10-17(25-21)9-8-16-7-5-14-3-1-2-4-20(14)24-16/h1-13H. The average molecular weight is 366 g/mol. The highest BCUT2D eigenvalue weighted by Crippen LogP contribution is 2.30. The second-order valence-electron chi connectivity index (χ2n) is 5.59. The van der Waals surface area contributed by atoms with Crippen molar-refractivity contribution in [3.05, 3.63) is 88.2 Å². The Morgan fingerprint density at radius 1 is 0.800 bits per heavy atom. The number of fused-ring (bicyclic) bond motifs is 1. The van der Waals surface area contributed by atoms with E-state index >= 15 is 0 Å². The van der Waals surface area contributed by atoms with E-state index in [1.165, 1.54) is 0 Å². The van der Waals surface area contributed by atoms with Crippen LogP contribution in [0.1, 0.15) is 11.5 Å². The molecule has 25 heavy (non-hydrogen) atoms. The number of halogens is 2. The van der Waals surface area contributed by atoms with Gasteiger partial charge in [-0.1, -0.05) is 47.5 Å². The molecule has 4 aromatic rings. The van der Waals surface area contributed by atoms with E-state index < -0.39 is 0 Å². The Morgan fingerprint density at radius 3 is 2.56 bits per heavy atom. The smallest absolute Gasteiger partial charge is 0.134 e. The molecule has 0 bridgehead atoms. The summed E-state index contributed by atoms with van der Waals surface area (Å²) in [5.74, 6) is 1.49. The van der Waals surface area contributed by atoms with Crippen molar-refractivity contribution in [3.8, 4) is 11.3 Å². The molecule has 0 aliphatic heterocycles. The zero-order valence-corrected chi connectivity index (χ0v) is 14.6. The van der Waals surface area contributed by atoms with E-state index in [0.717, 1.165) is 33.7 Å². The maximum Gasteiger partial charge on any atom is 0.134 e. The lowest BCUT2D eigenvalue weighted by Gasteiger charge is -1.99. The molecule has 0 amide bonds. The number of hydrogen-bond acceptors (Lipinski definition) is 2. The Morgan fingerprint density at radius 2 is 1.68 bits per heavy atom. The number of rotatable bonds is 3. The normalized spacial score (nSPS) is 11.4. The number of pyridine rings is 1. The molecule has 0 unspecified atom stereocenters. The van der Waals surface area contributed by atoms with E-state index in [-0.39, 0.29) is 0 Å². The van der Waals surface area contributed by atoms with Gasteiger partial charge < -0.3 is 4.42 Å². The second-order valence-corrected chi connectivity index (χ2v) is 6.41. The van der Waals surface area contributed by atoms with Gasteiger partial charge in [-0.2, -0.15) is 0 Å². The van der Waals surface area contributed by atoms with Crippen molar-refractivity contribution in [1.29, 1.82) is 0 Å². The lowest BCUT2D eigenvalue weighted by atomic mass is 10.2. The summed E-state index contributed by atoms with van der Waals surface area (Å²) >= 11 is 12.0. The predicted octanol–water partition coefficient (Wildman–Crippen LogP) is 6.97. The topological polar surface area (TPSA) is 26.0 Å². The Balaban J connectivity index is 1.59. The number of hydrogen-bond donors (Lipinski definition) is 0. The molecule has 4 heteroatoms. The fourth-order valence-corrected chi connectivity index (χ4v) is 2.89. The first-order valence-corrected chi connectivity index (χ1v) is 8.54. The minimum Gasteiger partial charge on any atom is -0.457 e. The summed E-state index contributed by atoms with van der Waals surface area (Å²) in [6.07, 6.45) is 3.84. The van der Waals surface area contributed by atoms with Gasteiger partial charge in [0.2, 0.25) is 0 Å². The maximum atomic E-state index is 6.06. The van der Waals surface area contributed by atoms with Crippen LogP contribution in [0.15, 0.2) is 71.1 Å². The molecule has 2 aromatic heterocycles. The third kappa shape index (κ3) is 3.46. The van der Waals surface area contributed by atoms with Crippen LogP contribution >= 0.6 is 23.2 Å². The van der Waals surface area contributed by atoms with Crippen LogP contribution < -0.4 is 0 Å². The molecule has 4 rings (SSSR count). The van der Waals surface area contributed by atoms with E-state index in [0.29, 0.717) is 10.0 Å². The first-order chi connectivity index (χ1) is 12.2. The molecule has 2 nitrogen and oxygen atoms in total. The lowest BCUT2D eigenvalue weighted by Crippen LogP contribution is -1.82. The molecule has 0 aliphatic carbocycles. The molecule has 0 saturated carbocycles. The fourth-order valence-electron chi connectivity index (χ4n) is 2.59. The van der Waals surface area contributed by atoms with Crippen molar-refractivity contribution in [3.63, 3.8) is 0 Å². The number of nitrogens with zero attached hydrogens (tertiary/aromatic N) is 1. The highest BCUT2D eigenvalue weighted by molar-refractivity contribution is 6.42. The summed E-state index contributed by atoms with van der Waals surface area (Å²) in [6.45, 7) is 0. The molecule has 2 aromatic carbocycles. The molecular weight excluding hydrogens is 353 g/mol. The molecular formula is C21H13Cl2NO. The summed E-state index contributed by atoms with van der Waals surface area (Å²) in [5, 5.41) is 2.16. The zero-order chi connectivity index (χ0) is 17.2. The van der Waals surface area contributed by atoms with E-state index in [1.54, 1.807) is 12.1 Å². The van der Waals surface area contributed by atoms with Crippen LogP contribution in [-0.2, 0) is 0 Å². The van der Waals surface area contributed by atoms with Crippen LogP contribution in [0.25, 0.3) is 34.4 Å². The fraction of sp³-hybridized carbons (Fsp3) is 0. The molecule has 0 radical (unpaired) electrons. The van der Waals surface area contributed by atoms with Gasteiger partial charge in [-0.25, -0.2) is 4.98 Å². The first kappa shape index (κ1) is 15.9. The molecule has 0 N–H and O–H groups in total. The van der Waals surface area contributed by atoms with Gasteiger partial charge in [-0.05, 0) is 54.6 Å². The molecule has 2 heterocycles. The quantitative estimate of drug-likeness (QED) is 0.391. The van der Waals surface area contributed by atoms with Crippen LogP contribution in [-0.4, -0.2) is 4.98 Å². The van der Waals surface area contributed by atoms with Gasteiger partial charge in [0.05, 0.1) is 21.3 Å². The second kappa shape index (κ2) is 6.75. The van der Waals surface area contributed by atoms with Crippen molar-refractivity contribution >= 4 is 46.3 Å². The molecule has 0 fully saturated rings. The van der Waals surface area contributed by atoms with Crippen molar-refractivity contribution in [2.75, 3.05) is 0 Å². The Kier molecular flexibility index (Phi) is 4.31. The minimum atomic E-state index is 0.507. The summed E-state index contributed by atoms with van der Waals surface area (Å²) in [6, 6.07) is 21.3. The van der Waals surface area contributed by atoms with Gasteiger partial charge in [0.1, 0.15) is 11.5 Å². The Labute approximate surface area is 155 Å². The summed E-state index contributed by atoms with van der Waals surface area (Å²) in [5.41, 5.74) is 2.74. The maximum absolute atomic E-state index is 6.06. The zero-order valence-electron chi connectivity index (χ0n) is 13.1. The highest BCUT2D eigenvalue weighted by atomic mass is 35.5. The Hall–Kier alpha value is -2.55. The third-order valence-electron chi connectivity index (χ3n) is 3.87. The van der Waals surface area contributed by atoms with Gasteiger partial charge in [0.25, 0.3) is 0 Å². The van der Waals surface area contributed by atoms with Crippen molar-refractivity contribution < 1.29 is 4.42 Å². The van der Waals surface area contributed by atoms with Gasteiger partial charge >= 0.3 is 0 Å². The van der Waals surface area contributed by atoms with Crippen LogP contribution in [0.5, 0.6) is 0 Å². The van der Waals surface area contributed by atoms with Gasteiger partial charge in [-0.3, -0.25) is 0 Å². The predicted molar refractivity (Wildman–Crippen MR) is 105 cm³/mol. The minimum absolute atomic E-state index is 0.507. The largest absolute Gasteiger partial charge is 0.457 e. The van der Waals surface area contributed by atoms with Gasteiger partial charge in [0, 0.05) is 10.9 Å². The van der Waals surface area contributed by atoms with Crippen LogP contribution in [0.4, 0.5) is 0 Å². The van der Waals surface area contributed by atoms with Crippen LogP contribution in [0.2, 0.25) is 10.0 Å². The van der Waals surface area contributed by atoms with E-state index in [2.05, 4.69) is 11.1 Å².